The molecule has 3 aromatic rings. The van der Waals surface area contributed by atoms with Crippen molar-refractivity contribution in [2.24, 2.45) is 0 Å². The molecule has 0 radical (unpaired) electrons. The topological polar surface area (TPSA) is 49.4 Å². The summed E-state index contributed by atoms with van der Waals surface area (Å²) >= 11 is 3.55. The normalized spacial score (nSPS) is 14.4. The second-order valence-corrected chi connectivity index (χ2v) is 10.9. The van der Waals surface area contributed by atoms with E-state index in [1.165, 1.54) is 0 Å². The predicted molar refractivity (Wildman–Crippen MR) is 149 cm³/mol. The van der Waals surface area contributed by atoms with E-state index in [1.54, 1.807) is 4.90 Å². The van der Waals surface area contributed by atoms with Gasteiger partial charge in [-0.1, -0.05) is 101 Å². The molecule has 1 N–H and O–H groups in total. The molecule has 188 valence electrons. The first-order valence-corrected chi connectivity index (χ1v) is 13.6. The summed E-state index contributed by atoms with van der Waals surface area (Å²) in [5.41, 5.74) is 5.28. The molecule has 1 fully saturated rings. The second-order valence-electron chi connectivity index (χ2n) is 10.0. The zero-order valence-corrected chi connectivity index (χ0v) is 22.8. The third kappa shape index (κ3) is 7.30. The van der Waals surface area contributed by atoms with Gasteiger partial charge in [0.05, 0.1) is 6.42 Å². The molecule has 1 aliphatic carbocycles. The Balaban J connectivity index is 1.67. The predicted octanol–water partition coefficient (Wildman–Crippen LogP) is 6.31. The molecule has 0 heterocycles. The molecular formula is C31H35BrN2O2. The van der Waals surface area contributed by atoms with Crippen molar-refractivity contribution in [1.82, 2.24) is 10.2 Å². The van der Waals surface area contributed by atoms with Crippen LogP contribution in [0.15, 0.2) is 77.3 Å². The monoisotopic (exact) mass is 546 g/mol. The average Bonchev–Trinajstić information content (AvgIpc) is 3.34. The van der Waals surface area contributed by atoms with Crippen molar-refractivity contribution in [3.63, 3.8) is 0 Å². The van der Waals surface area contributed by atoms with E-state index in [9.17, 15) is 9.59 Å². The number of benzene rings is 3. The average molecular weight is 548 g/mol. The molecule has 2 amide bonds. The summed E-state index contributed by atoms with van der Waals surface area (Å²) in [6, 6.07) is 23.8. The van der Waals surface area contributed by atoms with Crippen molar-refractivity contribution in [1.29, 1.82) is 0 Å². The third-order valence-electron chi connectivity index (χ3n) is 6.85. The highest BCUT2D eigenvalue weighted by Gasteiger charge is 2.32. The van der Waals surface area contributed by atoms with Crippen LogP contribution in [0.5, 0.6) is 0 Å². The van der Waals surface area contributed by atoms with Crippen LogP contribution < -0.4 is 5.32 Å². The molecule has 1 atom stereocenters. The van der Waals surface area contributed by atoms with Gasteiger partial charge in [0, 0.05) is 23.5 Å². The molecule has 0 bridgehead atoms. The number of carbonyl (C=O) groups is 2. The SMILES string of the molecule is Cc1cc(C)cc(CC(=O)N(Cc2cccc(Br)c2)C(Cc2ccccc2)C(=O)NC2CCCC2)c1. The Bertz CT molecular complexity index is 1170. The standard InChI is InChI=1S/C31H35BrN2O2/c1-22-15-23(2)17-26(16-22)20-30(35)34(21-25-11-8-12-27(32)18-25)29(19-24-9-4-3-5-10-24)31(36)33-28-13-6-7-14-28/h3-5,8-12,15-18,28-29H,6-7,13-14,19-21H2,1-2H3,(H,33,36). The van der Waals surface area contributed by atoms with Gasteiger partial charge in [-0.2, -0.15) is 0 Å². The second kappa shape index (κ2) is 12.4. The van der Waals surface area contributed by atoms with Gasteiger partial charge in [-0.05, 0) is 55.5 Å². The summed E-state index contributed by atoms with van der Waals surface area (Å²) < 4.78 is 0.955. The van der Waals surface area contributed by atoms with Crippen LogP contribution in [0.1, 0.15) is 53.5 Å². The Morgan fingerprint density at radius 2 is 1.56 bits per heavy atom. The van der Waals surface area contributed by atoms with Crippen molar-refractivity contribution in [2.75, 3.05) is 0 Å². The first-order valence-electron chi connectivity index (χ1n) is 12.8. The van der Waals surface area contributed by atoms with Crippen LogP contribution in [0.2, 0.25) is 0 Å². The van der Waals surface area contributed by atoms with Crippen LogP contribution >= 0.6 is 15.9 Å². The molecule has 1 aliphatic rings. The van der Waals surface area contributed by atoms with Crippen LogP contribution in [0, 0.1) is 13.8 Å². The fourth-order valence-electron chi connectivity index (χ4n) is 5.20. The Morgan fingerprint density at radius 3 is 2.22 bits per heavy atom. The number of hydrogen-bond donors (Lipinski definition) is 1. The van der Waals surface area contributed by atoms with Crippen molar-refractivity contribution in [3.05, 3.63) is 105 Å². The molecule has 1 unspecified atom stereocenters. The van der Waals surface area contributed by atoms with Gasteiger partial charge in [0.15, 0.2) is 0 Å². The summed E-state index contributed by atoms with van der Waals surface area (Å²) in [6.45, 7) is 4.47. The maximum absolute atomic E-state index is 13.9. The number of amides is 2. The highest BCUT2D eigenvalue weighted by molar-refractivity contribution is 9.10. The number of aryl methyl sites for hydroxylation is 2. The maximum Gasteiger partial charge on any atom is 0.243 e. The van der Waals surface area contributed by atoms with Gasteiger partial charge in [0.1, 0.15) is 6.04 Å². The van der Waals surface area contributed by atoms with E-state index in [0.29, 0.717) is 13.0 Å². The van der Waals surface area contributed by atoms with E-state index in [-0.39, 0.29) is 24.3 Å². The van der Waals surface area contributed by atoms with E-state index in [2.05, 4.69) is 39.4 Å². The van der Waals surface area contributed by atoms with Crippen LogP contribution in [0.3, 0.4) is 0 Å². The minimum absolute atomic E-state index is 0.0394. The van der Waals surface area contributed by atoms with Crippen molar-refractivity contribution in [3.8, 4) is 0 Å². The number of hydrogen-bond acceptors (Lipinski definition) is 2. The van der Waals surface area contributed by atoms with Gasteiger partial charge in [-0.3, -0.25) is 9.59 Å². The molecule has 0 saturated heterocycles. The molecule has 3 aromatic carbocycles. The molecule has 4 rings (SSSR count). The van der Waals surface area contributed by atoms with E-state index >= 15 is 0 Å². The van der Waals surface area contributed by atoms with Gasteiger partial charge in [-0.15, -0.1) is 0 Å². The summed E-state index contributed by atoms with van der Waals surface area (Å²) in [4.78, 5) is 29.5. The molecule has 0 spiro atoms. The van der Waals surface area contributed by atoms with E-state index < -0.39 is 6.04 Å². The van der Waals surface area contributed by atoms with Gasteiger partial charge < -0.3 is 10.2 Å². The third-order valence-corrected chi connectivity index (χ3v) is 7.34. The first kappa shape index (κ1) is 26.2. The minimum Gasteiger partial charge on any atom is -0.352 e. The lowest BCUT2D eigenvalue weighted by Gasteiger charge is -2.32. The molecule has 0 aromatic heterocycles. The Kier molecular flexibility index (Phi) is 8.98. The van der Waals surface area contributed by atoms with Crippen molar-refractivity contribution >= 4 is 27.7 Å². The van der Waals surface area contributed by atoms with Gasteiger partial charge >= 0.3 is 0 Å². The lowest BCUT2D eigenvalue weighted by molar-refractivity contribution is -0.141. The number of halogens is 1. The number of nitrogens with one attached hydrogen (secondary N) is 1. The van der Waals surface area contributed by atoms with E-state index in [1.807, 2.05) is 68.4 Å². The maximum atomic E-state index is 13.9. The van der Waals surface area contributed by atoms with Crippen LogP contribution in [0.4, 0.5) is 0 Å². The Morgan fingerprint density at radius 1 is 0.889 bits per heavy atom. The molecule has 36 heavy (non-hydrogen) atoms. The van der Waals surface area contributed by atoms with Gasteiger partial charge in [0.2, 0.25) is 11.8 Å². The summed E-state index contributed by atoms with van der Waals surface area (Å²) in [6.07, 6.45) is 5.03. The summed E-state index contributed by atoms with van der Waals surface area (Å²) in [7, 11) is 0. The number of carbonyl (C=O) groups excluding carboxylic acids is 2. The Labute approximate surface area is 223 Å². The smallest absolute Gasteiger partial charge is 0.243 e. The molecule has 0 aliphatic heterocycles. The largest absolute Gasteiger partial charge is 0.352 e. The highest BCUT2D eigenvalue weighted by atomic mass is 79.9. The van der Waals surface area contributed by atoms with Crippen molar-refractivity contribution in [2.45, 2.75) is 71.0 Å². The molecule has 5 heteroatoms. The first-order chi connectivity index (χ1) is 17.4. The van der Waals surface area contributed by atoms with Crippen molar-refractivity contribution < 1.29 is 9.59 Å². The Hall–Kier alpha value is -2.92. The minimum atomic E-state index is -0.592. The zero-order chi connectivity index (χ0) is 25.5. The molecule has 4 nitrogen and oxygen atoms in total. The molecular weight excluding hydrogens is 512 g/mol. The quantitative estimate of drug-likeness (QED) is 0.342. The fourth-order valence-corrected chi connectivity index (χ4v) is 5.65. The summed E-state index contributed by atoms with van der Waals surface area (Å²) in [5.74, 6) is -0.1000. The van der Waals surface area contributed by atoms with Crippen LogP contribution in [-0.2, 0) is 29.0 Å². The van der Waals surface area contributed by atoms with Gasteiger partial charge in [0.25, 0.3) is 0 Å². The van der Waals surface area contributed by atoms with E-state index in [0.717, 1.165) is 58.0 Å². The zero-order valence-electron chi connectivity index (χ0n) is 21.2. The number of nitrogens with zero attached hydrogens (tertiary/aromatic N) is 1. The molecule has 1 saturated carbocycles. The summed E-state index contributed by atoms with van der Waals surface area (Å²) in [5, 5.41) is 3.27. The lowest BCUT2D eigenvalue weighted by atomic mass is 10.00. The van der Waals surface area contributed by atoms with Gasteiger partial charge in [-0.25, -0.2) is 0 Å². The van der Waals surface area contributed by atoms with Crippen LogP contribution in [-0.4, -0.2) is 28.8 Å². The lowest BCUT2D eigenvalue weighted by Crippen LogP contribution is -2.52. The number of rotatable bonds is 9. The fraction of sp³-hybridized carbons (Fsp3) is 0.355. The van der Waals surface area contributed by atoms with Crippen LogP contribution in [0.25, 0.3) is 0 Å². The van der Waals surface area contributed by atoms with E-state index in [4.69, 9.17) is 0 Å². The highest BCUT2D eigenvalue weighted by Crippen LogP contribution is 2.22.